The van der Waals surface area contributed by atoms with Crippen LogP contribution < -0.4 is 15.4 Å². The first-order chi connectivity index (χ1) is 12.1. The molecule has 5 nitrogen and oxygen atoms in total. The van der Waals surface area contributed by atoms with Gasteiger partial charge in [0, 0.05) is 5.70 Å². The number of rotatable bonds is 5. The van der Waals surface area contributed by atoms with Crippen molar-refractivity contribution in [2.45, 2.75) is 40.3 Å². The Kier molecular flexibility index (Phi) is 6.17. The van der Waals surface area contributed by atoms with Gasteiger partial charge in [-0.25, -0.2) is 4.79 Å². The number of carbonyl (C=O) groups excluding carboxylic acids is 1. The molecule has 1 atom stereocenters. The summed E-state index contributed by atoms with van der Waals surface area (Å²) in [6.45, 7) is 4.33. The number of thiocarbonyl (C=S) groups is 1. The lowest BCUT2D eigenvalue weighted by Crippen LogP contribution is -2.46. The SMILES string of the molecule is COC(=O)C1=C(C(C)C)NC(=S)N[C@H]1c1cc(C)c(OC(F)F)c(C)c1. The molecule has 0 fully saturated rings. The normalized spacial score (nSPS) is 17.3. The van der Waals surface area contributed by atoms with Crippen molar-refractivity contribution in [2.24, 2.45) is 5.92 Å². The van der Waals surface area contributed by atoms with Crippen LogP contribution in [-0.2, 0) is 9.53 Å². The van der Waals surface area contributed by atoms with E-state index in [0.29, 0.717) is 33.1 Å². The summed E-state index contributed by atoms with van der Waals surface area (Å²) in [5.41, 5.74) is 2.89. The van der Waals surface area contributed by atoms with E-state index in [1.165, 1.54) is 7.11 Å². The minimum absolute atomic E-state index is 0.00952. The molecular weight excluding hydrogens is 362 g/mol. The van der Waals surface area contributed by atoms with E-state index in [1.54, 1.807) is 26.0 Å². The fourth-order valence-electron chi connectivity index (χ4n) is 3.05. The fourth-order valence-corrected chi connectivity index (χ4v) is 3.28. The number of allylic oxidation sites excluding steroid dienone is 1. The van der Waals surface area contributed by atoms with Gasteiger partial charge < -0.3 is 20.1 Å². The van der Waals surface area contributed by atoms with E-state index in [4.69, 9.17) is 17.0 Å². The number of ether oxygens (including phenoxy) is 2. The molecule has 1 aliphatic rings. The summed E-state index contributed by atoms with van der Waals surface area (Å²) in [7, 11) is 1.31. The quantitative estimate of drug-likeness (QED) is 0.599. The van der Waals surface area contributed by atoms with Gasteiger partial charge in [0.05, 0.1) is 18.7 Å². The Morgan fingerprint density at radius 1 is 1.23 bits per heavy atom. The summed E-state index contributed by atoms with van der Waals surface area (Å²) in [6, 6.07) is 2.86. The fraction of sp³-hybridized carbons (Fsp3) is 0.444. The van der Waals surface area contributed by atoms with Crippen LogP contribution in [-0.4, -0.2) is 24.8 Å². The molecule has 0 saturated carbocycles. The van der Waals surface area contributed by atoms with Gasteiger partial charge >= 0.3 is 12.6 Å². The van der Waals surface area contributed by atoms with Gasteiger partial charge in [-0.05, 0) is 60.8 Å². The summed E-state index contributed by atoms with van der Waals surface area (Å²) < 4.78 is 34.8. The molecule has 142 valence electrons. The Balaban J connectivity index is 2.59. The number of hydrogen-bond acceptors (Lipinski definition) is 4. The number of benzene rings is 1. The molecule has 0 aliphatic carbocycles. The molecule has 0 amide bonds. The average Bonchev–Trinajstić information content (AvgIpc) is 2.56. The maximum atomic E-state index is 12.6. The first-order valence-corrected chi connectivity index (χ1v) is 8.52. The second kappa shape index (κ2) is 7.99. The highest BCUT2D eigenvalue weighted by Crippen LogP contribution is 2.34. The zero-order chi connectivity index (χ0) is 19.6. The predicted molar refractivity (Wildman–Crippen MR) is 98.0 cm³/mol. The van der Waals surface area contributed by atoms with Gasteiger partial charge in [0.1, 0.15) is 5.75 Å². The van der Waals surface area contributed by atoms with Crippen molar-refractivity contribution < 1.29 is 23.0 Å². The lowest BCUT2D eigenvalue weighted by atomic mass is 9.90. The molecule has 1 aromatic rings. The van der Waals surface area contributed by atoms with Gasteiger partial charge in [0.15, 0.2) is 5.11 Å². The molecule has 0 bridgehead atoms. The topological polar surface area (TPSA) is 59.6 Å². The average molecular weight is 384 g/mol. The molecule has 1 aromatic carbocycles. The van der Waals surface area contributed by atoms with Crippen LogP contribution in [0.3, 0.4) is 0 Å². The van der Waals surface area contributed by atoms with Gasteiger partial charge in [0.25, 0.3) is 0 Å². The van der Waals surface area contributed by atoms with Crippen molar-refractivity contribution in [3.8, 4) is 5.75 Å². The molecular formula is C18H22F2N2O3S. The van der Waals surface area contributed by atoms with Crippen molar-refractivity contribution in [1.82, 2.24) is 10.6 Å². The van der Waals surface area contributed by atoms with Crippen LogP contribution in [0.25, 0.3) is 0 Å². The number of halogens is 2. The van der Waals surface area contributed by atoms with Crippen LogP contribution >= 0.6 is 12.2 Å². The highest BCUT2D eigenvalue weighted by atomic mass is 32.1. The zero-order valence-corrected chi connectivity index (χ0v) is 16.1. The highest BCUT2D eigenvalue weighted by Gasteiger charge is 2.33. The third kappa shape index (κ3) is 4.12. The third-order valence-electron chi connectivity index (χ3n) is 4.11. The molecule has 1 heterocycles. The zero-order valence-electron chi connectivity index (χ0n) is 15.3. The van der Waals surface area contributed by atoms with Crippen LogP contribution in [0.15, 0.2) is 23.4 Å². The van der Waals surface area contributed by atoms with E-state index in [-0.39, 0.29) is 11.7 Å². The molecule has 0 unspecified atom stereocenters. The van der Waals surface area contributed by atoms with Gasteiger partial charge in [-0.3, -0.25) is 0 Å². The van der Waals surface area contributed by atoms with Gasteiger partial charge in [-0.1, -0.05) is 13.8 Å². The van der Waals surface area contributed by atoms with Crippen LogP contribution in [0.4, 0.5) is 8.78 Å². The monoisotopic (exact) mass is 384 g/mol. The first-order valence-electron chi connectivity index (χ1n) is 8.11. The van der Waals surface area contributed by atoms with Crippen molar-refractivity contribution in [2.75, 3.05) is 7.11 Å². The summed E-state index contributed by atoms with van der Waals surface area (Å²) in [5.74, 6) is -0.340. The van der Waals surface area contributed by atoms with Crippen LogP contribution in [0.2, 0.25) is 0 Å². The van der Waals surface area contributed by atoms with Crippen LogP contribution in [0, 0.1) is 19.8 Å². The van der Waals surface area contributed by atoms with E-state index < -0.39 is 18.6 Å². The molecule has 8 heteroatoms. The molecule has 2 rings (SSSR count). The summed E-state index contributed by atoms with van der Waals surface area (Å²) in [6.07, 6.45) is 0. The Labute approximate surface area is 156 Å². The number of aryl methyl sites for hydroxylation is 2. The Hall–Kier alpha value is -2.22. The Morgan fingerprint density at radius 2 is 1.81 bits per heavy atom. The maximum Gasteiger partial charge on any atom is 0.387 e. The molecule has 26 heavy (non-hydrogen) atoms. The number of nitrogens with one attached hydrogen (secondary N) is 2. The summed E-state index contributed by atoms with van der Waals surface area (Å²) in [4.78, 5) is 12.4. The lowest BCUT2D eigenvalue weighted by molar-refractivity contribution is -0.136. The molecule has 0 radical (unpaired) electrons. The number of hydrogen-bond donors (Lipinski definition) is 2. The number of methoxy groups -OCH3 is 1. The third-order valence-corrected chi connectivity index (χ3v) is 4.33. The van der Waals surface area contributed by atoms with E-state index in [0.717, 1.165) is 0 Å². The summed E-state index contributed by atoms with van der Waals surface area (Å²) in [5, 5.41) is 6.48. The van der Waals surface area contributed by atoms with Gasteiger partial charge in [-0.15, -0.1) is 0 Å². The second-order valence-corrected chi connectivity index (χ2v) is 6.78. The smallest absolute Gasteiger partial charge is 0.387 e. The minimum atomic E-state index is -2.90. The minimum Gasteiger partial charge on any atom is -0.466 e. The number of carbonyl (C=O) groups is 1. The Morgan fingerprint density at radius 3 is 2.27 bits per heavy atom. The number of alkyl halides is 2. The Bertz CT molecular complexity index is 740. The van der Waals surface area contributed by atoms with Crippen molar-refractivity contribution in [1.29, 1.82) is 0 Å². The highest BCUT2D eigenvalue weighted by molar-refractivity contribution is 7.80. The van der Waals surface area contributed by atoms with Crippen molar-refractivity contribution >= 4 is 23.3 Å². The molecule has 2 N–H and O–H groups in total. The molecule has 0 saturated heterocycles. The molecule has 1 aliphatic heterocycles. The lowest BCUT2D eigenvalue weighted by Gasteiger charge is -2.33. The first kappa shape index (κ1) is 20.1. The van der Waals surface area contributed by atoms with Crippen LogP contribution in [0.5, 0.6) is 5.75 Å². The largest absolute Gasteiger partial charge is 0.466 e. The van der Waals surface area contributed by atoms with E-state index in [9.17, 15) is 13.6 Å². The van der Waals surface area contributed by atoms with E-state index >= 15 is 0 Å². The second-order valence-electron chi connectivity index (χ2n) is 6.37. The standard InChI is InChI=1S/C18H22F2N2O3S/c1-8(2)13-12(16(23)24-5)14(22-18(26)21-13)11-6-9(3)15(10(4)7-11)25-17(19)20/h6-8,14,17H,1-5H3,(H2,21,22,26)/t14-/m0/s1. The van der Waals surface area contributed by atoms with Crippen molar-refractivity contribution in [3.63, 3.8) is 0 Å². The number of esters is 1. The van der Waals surface area contributed by atoms with Crippen LogP contribution in [0.1, 0.15) is 36.6 Å². The predicted octanol–water partition coefficient (Wildman–Crippen LogP) is 3.51. The van der Waals surface area contributed by atoms with Gasteiger partial charge in [-0.2, -0.15) is 8.78 Å². The maximum absolute atomic E-state index is 12.6. The summed E-state index contributed by atoms with van der Waals surface area (Å²) >= 11 is 5.27. The molecule has 0 aromatic heterocycles. The van der Waals surface area contributed by atoms with E-state index in [1.807, 2.05) is 13.8 Å². The van der Waals surface area contributed by atoms with E-state index in [2.05, 4.69) is 15.4 Å². The van der Waals surface area contributed by atoms with Gasteiger partial charge in [0.2, 0.25) is 0 Å². The molecule has 0 spiro atoms. The van der Waals surface area contributed by atoms with Crippen molar-refractivity contribution in [3.05, 3.63) is 40.1 Å².